The normalized spacial score (nSPS) is 11.5. The Hall–Kier alpha value is -3.67. The second-order valence-corrected chi connectivity index (χ2v) is 6.98. The standard InChI is InChI=1S/C24H23FN2O3/c1-15-5-4-6-22(16(15)2)27-24(29)18-7-13-21(14-8-18)30-17(3)23(28)26-20-11-9-19(25)10-12-20/h4-14,17H,1-3H3,(H,26,28)(H,27,29)/t17-/m0/s1. The summed E-state index contributed by atoms with van der Waals surface area (Å²) in [4.78, 5) is 24.7. The Morgan fingerprint density at radius 1 is 0.900 bits per heavy atom. The lowest BCUT2D eigenvalue weighted by molar-refractivity contribution is -0.122. The summed E-state index contributed by atoms with van der Waals surface area (Å²) in [6.45, 7) is 5.56. The molecular weight excluding hydrogens is 383 g/mol. The molecule has 6 heteroatoms. The van der Waals surface area contributed by atoms with Crippen molar-refractivity contribution in [3.8, 4) is 5.75 Å². The van der Waals surface area contributed by atoms with Crippen molar-refractivity contribution in [3.63, 3.8) is 0 Å². The highest BCUT2D eigenvalue weighted by atomic mass is 19.1. The molecule has 5 nitrogen and oxygen atoms in total. The first-order valence-corrected chi connectivity index (χ1v) is 9.54. The van der Waals surface area contributed by atoms with Crippen LogP contribution in [-0.2, 0) is 4.79 Å². The van der Waals surface area contributed by atoms with E-state index in [1.54, 1.807) is 31.2 Å². The maximum absolute atomic E-state index is 13.0. The van der Waals surface area contributed by atoms with E-state index in [1.165, 1.54) is 24.3 Å². The van der Waals surface area contributed by atoms with Crippen molar-refractivity contribution >= 4 is 23.2 Å². The molecule has 0 bridgehead atoms. The van der Waals surface area contributed by atoms with E-state index in [1.807, 2.05) is 32.0 Å². The van der Waals surface area contributed by atoms with Gasteiger partial charge in [-0.25, -0.2) is 4.39 Å². The Morgan fingerprint density at radius 3 is 2.23 bits per heavy atom. The number of ether oxygens (including phenoxy) is 1. The number of anilines is 2. The SMILES string of the molecule is Cc1cccc(NC(=O)c2ccc(O[C@@H](C)C(=O)Nc3ccc(F)cc3)cc2)c1C. The summed E-state index contributed by atoms with van der Waals surface area (Å²) in [5.74, 6) is -0.505. The monoisotopic (exact) mass is 406 g/mol. The van der Waals surface area contributed by atoms with E-state index in [0.29, 0.717) is 17.0 Å². The van der Waals surface area contributed by atoms with Crippen LogP contribution in [0.3, 0.4) is 0 Å². The van der Waals surface area contributed by atoms with Gasteiger partial charge in [0.2, 0.25) is 0 Å². The molecule has 30 heavy (non-hydrogen) atoms. The number of halogens is 1. The van der Waals surface area contributed by atoms with Crippen LogP contribution in [0.5, 0.6) is 5.75 Å². The van der Waals surface area contributed by atoms with Gasteiger partial charge in [0.1, 0.15) is 11.6 Å². The van der Waals surface area contributed by atoms with Gasteiger partial charge in [-0.1, -0.05) is 12.1 Å². The Balaban J connectivity index is 1.59. The predicted octanol–water partition coefficient (Wildman–Crippen LogP) is 5.10. The molecule has 3 rings (SSSR count). The number of rotatable bonds is 6. The summed E-state index contributed by atoms with van der Waals surface area (Å²) in [5.41, 5.74) is 3.85. The van der Waals surface area contributed by atoms with Gasteiger partial charge in [-0.2, -0.15) is 0 Å². The smallest absolute Gasteiger partial charge is 0.265 e. The second kappa shape index (κ2) is 9.22. The van der Waals surface area contributed by atoms with Crippen LogP contribution in [0.4, 0.5) is 15.8 Å². The van der Waals surface area contributed by atoms with Crippen molar-refractivity contribution in [1.29, 1.82) is 0 Å². The molecule has 0 saturated carbocycles. The van der Waals surface area contributed by atoms with Crippen molar-refractivity contribution in [2.45, 2.75) is 26.9 Å². The van der Waals surface area contributed by atoms with E-state index in [4.69, 9.17) is 4.74 Å². The molecule has 0 unspecified atom stereocenters. The first-order valence-electron chi connectivity index (χ1n) is 9.54. The van der Waals surface area contributed by atoms with Gasteiger partial charge in [0.15, 0.2) is 6.10 Å². The molecule has 0 heterocycles. The van der Waals surface area contributed by atoms with Crippen LogP contribution in [0.25, 0.3) is 0 Å². The number of hydrogen-bond acceptors (Lipinski definition) is 3. The van der Waals surface area contributed by atoms with Gasteiger partial charge in [-0.15, -0.1) is 0 Å². The number of benzene rings is 3. The van der Waals surface area contributed by atoms with Gasteiger partial charge < -0.3 is 15.4 Å². The average molecular weight is 406 g/mol. The fourth-order valence-corrected chi connectivity index (χ4v) is 2.80. The van der Waals surface area contributed by atoms with E-state index in [9.17, 15) is 14.0 Å². The van der Waals surface area contributed by atoms with Crippen LogP contribution < -0.4 is 15.4 Å². The molecular formula is C24H23FN2O3. The fourth-order valence-electron chi connectivity index (χ4n) is 2.80. The number of hydrogen-bond donors (Lipinski definition) is 2. The molecule has 0 saturated heterocycles. The van der Waals surface area contributed by atoms with Gasteiger partial charge in [-0.3, -0.25) is 9.59 Å². The molecule has 154 valence electrons. The molecule has 2 N–H and O–H groups in total. The molecule has 0 spiro atoms. The largest absolute Gasteiger partial charge is 0.481 e. The molecule has 0 radical (unpaired) electrons. The zero-order chi connectivity index (χ0) is 21.7. The van der Waals surface area contributed by atoms with Gasteiger partial charge in [0.05, 0.1) is 0 Å². The van der Waals surface area contributed by atoms with Crippen molar-refractivity contribution in [1.82, 2.24) is 0 Å². The molecule has 0 fully saturated rings. The summed E-state index contributed by atoms with van der Waals surface area (Å²) < 4.78 is 18.6. The van der Waals surface area contributed by atoms with Crippen molar-refractivity contribution < 1.29 is 18.7 Å². The maximum Gasteiger partial charge on any atom is 0.265 e. The lowest BCUT2D eigenvalue weighted by Crippen LogP contribution is -2.30. The summed E-state index contributed by atoms with van der Waals surface area (Å²) in [5, 5.41) is 5.57. The molecule has 3 aromatic rings. The Labute approximate surface area is 174 Å². The van der Waals surface area contributed by atoms with Crippen LogP contribution in [0.2, 0.25) is 0 Å². The average Bonchev–Trinajstić information content (AvgIpc) is 2.73. The number of amides is 2. The zero-order valence-corrected chi connectivity index (χ0v) is 17.0. The highest BCUT2D eigenvalue weighted by Crippen LogP contribution is 2.20. The second-order valence-electron chi connectivity index (χ2n) is 6.98. The van der Waals surface area contributed by atoms with E-state index in [-0.39, 0.29) is 17.6 Å². The minimum absolute atomic E-state index is 0.225. The summed E-state index contributed by atoms with van der Waals surface area (Å²) in [7, 11) is 0. The van der Waals surface area contributed by atoms with Gasteiger partial charge in [-0.05, 0) is 86.5 Å². The topological polar surface area (TPSA) is 67.4 Å². The number of carbonyl (C=O) groups is 2. The highest BCUT2D eigenvalue weighted by Gasteiger charge is 2.15. The molecule has 1 atom stereocenters. The van der Waals surface area contributed by atoms with E-state index >= 15 is 0 Å². The van der Waals surface area contributed by atoms with Crippen LogP contribution in [0.15, 0.2) is 66.7 Å². The molecule has 3 aromatic carbocycles. The maximum atomic E-state index is 13.0. The van der Waals surface area contributed by atoms with E-state index in [0.717, 1.165) is 16.8 Å². The Morgan fingerprint density at radius 2 is 1.57 bits per heavy atom. The summed E-state index contributed by atoms with van der Waals surface area (Å²) in [6, 6.07) is 17.8. The minimum Gasteiger partial charge on any atom is -0.481 e. The zero-order valence-electron chi connectivity index (χ0n) is 17.0. The lowest BCUT2D eigenvalue weighted by atomic mass is 10.1. The summed E-state index contributed by atoms with van der Waals surface area (Å²) >= 11 is 0. The third kappa shape index (κ3) is 5.23. The number of aryl methyl sites for hydroxylation is 1. The van der Waals surface area contributed by atoms with Crippen molar-refractivity contribution in [2.24, 2.45) is 0 Å². The Kier molecular flexibility index (Phi) is 6.47. The van der Waals surface area contributed by atoms with Gasteiger partial charge in [0.25, 0.3) is 11.8 Å². The molecule has 0 aliphatic carbocycles. The van der Waals surface area contributed by atoms with Crippen LogP contribution in [-0.4, -0.2) is 17.9 Å². The van der Waals surface area contributed by atoms with E-state index in [2.05, 4.69) is 10.6 Å². The van der Waals surface area contributed by atoms with Gasteiger partial charge >= 0.3 is 0 Å². The summed E-state index contributed by atoms with van der Waals surface area (Å²) in [6.07, 6.45) is -0.773. The highest BCUT2D eigenvalue weighted by molar-refractivity contribution is 6.04. The molecule has 0 aromatic heterocycles. The van der Waals surface area contributed by atoms with Crippen LogP contribution >= 0.6 is 0 Å². The van der Waals surface area contributed by atoms with Crippen molar-refractivity contribution in [2.75, 3.05) is 10.6 Å². The predicted molar refractivity (Wildman–Crippen MR) is 115 cm³/mol. The minimum atomic E-state index is -0.773. The Bertz CT molecular complexity index is 1050. The fraction of sp³-hybridized carbons (Fsp3) is 0.167. The number of carbonyl (C=O) groups excluding carboxylic acids is 2. The molecule has 0 aliphatic heterocycles. The third-order valence-corrected chi connectivity index (χ3v) is 4.76. The van der Waals surface area contributed by atoms with Crippen molar-refractivity contribution in [3.05, 3.63) is 89.2 Å². The molecule has 0 aliphatic rings. The quantitative estimate of drug-likeness (QED) is 0.598. The van der Waals surface area contributed by atoms with Gasteiger partial charge in [0, 0.05) is 16.9 Å². The van der Waals surface area contributed by atoms with E-state index < -0.39 is 6.10 Å². The molecule has 2 amide bonds. The third-order valence-electron chi connectivity index (χ3n) is 4.76. The first-order chi connectivity index (χ1) is 14.3. The first kappa shape index (κ1) is 21.0. The lowest BCUT2D eigenvalue weighted by Gasteiger charge is -2.15. The number of nitrogens with one attached hydrogen (secondary N) is 2. The van der Waals surface area contributed by atoms with Crippen LogP contribution in [0.1, 0.15) is 28.4 Å². The van der Waals surface area contributed by atoms with Crippen LogP contribution in [0, 0.1) is 19.7 Å².